The summed E-state index contributed by atoms with van der Waals surface area (Å²) in [6.07, 6.45) is -8.48. The van der Waals surface area contributed by atoms with Crippen LogP contribution in [0.3, 0.4) is 0 Å². The number of hydrogen-bond donors (Lipinski definition) is 2. The molecule has 0 unspecified atom stereocenters. The van der Waals surface area contributed by atoms with E-state index in [2.05, 4.69) is 27.2 Å². The summed E-state index contributed by atoms with van der Waals surface area (Å²) < 4.78 is 81.4. The Morgan fingerprint density at radius 3 is 2.27 bits per heavy atom. The first-order valence-corrected chi connectivity index (χ1v) is 11.3. The summed E-state index contributed by atoms with van der Waals surface area (Å²) in [5, 5.41) is 6.48. The van der Waals surface area contributed by atoms with Crippen LogP contribution in [-0.4, -0.2) is 16.5 Å². The second kappa shape index (κ2) is 10.1. The van der Waals surface area contributed by atoms with Gasteiger partial charge in [0, 0.05) is 34.4 Å². The van der Waals surface area contributed by atoms with Gasteiger partial charge in [-0.15, -0.1) is 0 Å². The van der Waals surface area contributed by atoms with Crippen LogP contribution in [-0.2, 0) is 12.4 Å². The second-order valence-corrected chi connectivity index (χ2v) is 8.24. The van der Waals surface area contributed by atoms with E-state index in [0.717, 1.165) is 24.6 Å². The molecule has 1 heterocycles. The predicted molar refractivity (Wildman–Crippen MR) is 133 cm³/mol. The molecule has 1 aromatic heterocycles. The zero-order valence-electron chi connectivity index (χ0n) is 19.6. The lowest BCUT2D eigenvalue weighted by Gasteiger charge is -2.19. The average molecular weight is 516 g/mol. The SMILES string of the molecule is C=C(Nc1nc(-c2ccccc2C(F)(F)F)nc2ccccc12)c1cc(C(F)(F)F)ccc1NCCC. The van der Waals surface area contributed by atoms with Crippen LogP contribution >= 0.6 is 0 Å². The van der Waals surface area contributed by atoms with E-state index in [1.54, 1.807) is 24.3 Å². The molecule has 4 rings (SSSR count). The standard InChI is InChI=1S/C27H22F6N4/c1-3-14-34-22-13-12-17(26(28,29)30)15-20(22)16(2)35-25-19-9-5-7-11-23(19)36-24(37-25)18-8-4-6-10-21(18)27(31,32)33/h4-13,15,34H,2-3,14H2,1H3,(H,35,36,37). The molecular weight excluding hydrogens is 494 g/mol. The Kier molecular flexibility index (Phi) is 7.11. The van der Waals surface area contributed by atoms with E-state index in [0.29, 0.717) is 23.1 Å². The monoisotopic (exact) mass is 516 g/mol. The van der Waals surface area contributed by atoms with E-state index < -0.39 is 23.5 Å². The van der Waals surface area contributed by atoms with Gasteiger partial charge in [0.25, 0.3) is 0 Å². The van der Waals surface area contributed by atoms with Crippen LogP contribution in [0.2, 0.25) is 0 Å². The fourth-order valence-corrected chi connectivity index (χ4v) is 3.81. The van der Waals surface area contributed by atoms with Gasteiger partial charge in [-0.25, -0.2) is 9.97 Å². The largest absolute Gasteiger partial charge is 0.417 e. The van der Waals surface area contributed by atoms with E-state index in [-0.39, 0.29) is 28.5 Å². The van der Waals surface area contributed by atoms with Gasteiger partial charge in [0.15, 0.2) is 5.82 Å². The van der Waals surface area contributed by atoms with Crippen molar-refractivity contribution in [1.29, 1.82) is 0 Å². The quantitative estimate of drug-likeness (QED) is 0.243. The normalized spacial score (nSPS) is 12.0. The van der Waals surface area contributed by atoms with Crippen molar-refractivity contribution in [3.8, 4) is 11.4 Å². The molecule has 0 radical (unpaired) electrons. The van der Waals surface area contributed by atoms with E-state index in [4.69, 9.17) is 0 Å². The Morgan fingerprint density at radius 1 is 0.865 bits per heavy atom. The summed E-state index contributed by atoms with van der Waals surface area (Å²) in [5.74, 6) is -0.0725. The number of hydrogen-bond acceptors (Lipinski definition) is 4. The highest BCUT2D eigenvalue weighted by molar-refractivity contribution is 5.95. The topological polar surface area (TPSA) is 49.8 Å². The van der Waals surface area contributed by atoms with Crippen LogP contribution in [0.5, 0.6) is 0 Å². The van der Waals surface area contributed by atoms with Gasteiger partial charge < -0.3 is 10.6 Å². The summed E-state index contributed by atoms with van der Waals surface area (Å²) in [7, 11) is 0. The van der Waals surface area contributed by atoms with Gasteiger partial charge in [-0.2, -0.15) is 26.3 Å². The molecule has 0 atom stereocenters. The first-order valence-electron chi connectivity index (χ1n) is 11.3. The summed E-state index contributed by atoms with van der Waals surface area (Å²) in [5.41, 5.74) is -0.967. The van der Waals surface area contributed by atoms with Crippen LogP contribution in [0.1, 0.15) is 30.0 Å². The van der Waals surface area contributed by atoms with Crippen molar-refractivity contribution in [1.82, 2.24) is 9.97 Å². The van der Waals surface area contributed by atoms with Crippen LogP contribution in [0.4, 0.5) is 37.8 Å². The number of para-hydroxylation sites is 1. The third-order valence-electron chi connectivity index (χ3n) is 5.58. The first-order chi connectivity index (χ1) is 17.5. The maximum Gasteiger partial charge on any atom is 0.417 e. The molecule has 4 aromatic rings. The molecule has 0 fully saturated rings. The molecule has 2 N–H and O–H groups in total. The third kappa shape index (κ3) is 5.68. The molecule has 0 bridgehead atoms. The highest BCUT2D eigenvalue weighted by Gasteiger charge is 2.34. The van der Waals surface area contributed by atoms with Crippen molar-refractivity contribution in [3.05, 3.63) is 90.0 Å². The van der Waals surface area contributed by atoms with Crippen molar-refractivity contribution in [2.24, 2.45) is 0 Å². The molecule has 37 heavy (non-hydrogen) atoms. The lowest BCUT2D eigenvalue weighted by atomic mass is 10.0. The predicted octanol–water partition coefficient (Wildman–Crippen LogP) is 8.24. The highest BCUT2D eigenvalue weighted by atomic mass is 19.4. The molecule has 0 amide bonds. The van der Waals surface area contributed by atoms with E-state index >= 15 is 0 Å². The summed E-state index contributed by atoms with van der Waals surface area (Å²) in [4.78, 5) is 8.67. The Labute approximate surface area is 209 Å². The average Bonchev–Trinajstić information content (AvgIpc) is 2.86. The smallest absolute Gasteiger partial charge is 0.385 e. The number of rotatable bonds is 7. The lowest BCUT2D eigenvalue weighted by Crippen LogP contribution is -2.11. The molecule has 0 aliphatic carbocycles. The van der Waals surface area contributed by atoms with E-state index in [1.807, 2.05) is 6.92 Å². The molecule has 0 saturated heterocycles. The Bertz CT molecular complexity index is 1440. The number of alkyl halides is 6. The van der Waals surface area contributed by atoms with Crippen LogP contribution < -0.4 is 10.6 Å². The summed E-state index contributed by atoms with van der Waals surface area (Å²) >= 11 is 0. The minimum absolute atomic E-state index is 0.0867. The first kappa shape index (κ1) is 26.0. The molecule has 0 spiro atoms. The third-order valence-corrected chi connectivity index (χ3v) is 5.58. The zero-order valence-corrected chi connectivity index (χ0v) is 19.6. The molecule has 10 heteroatoms. The molecule has 4 nitrogen and oxygen atoms in total. The fourth-order valence-electron chi connectivity index (χ4n) is 3.81. The molecule has 0 aliphatic rings. The van der Waals surface area contributed by atoms with Gasteiger partial charge in [0.2, 0.25) is 0 Å². The van der Waals surface area contributed by atoms with Crippen molar-refractivity contribution in [2.75, 3.05) is 17.2 Å². The molecular formula is C27H22F6N4. The number of anilines is 2. The Morgan fingerprint density at radius 2 is 1.57 bits per heavy atom. The van der Waals surface area contributed by atoms with E-state index in [9.17, 15) is 26.3 Å². The molecule has 192 valence electrons. The maximum atomic E-state index is 13.7. The van der Waals surface area contributed by atoms with Gasteiger partial charge >= 0.3 is 12.4 Å². The van der Waals surface area contributed by atoms with Crippen molar-refractivity contribution in [2.45, 2.75) is 25.7 Å². The fraction of sp³-hybridized carbons (Fsp3) is 0.185. The Hall–Kier alpha value is -4.08. The van der Waals surface area contributed by atoms with Crippen LogP contribution in [0.15, 0.2) is 73.3 Å². The van der Waals surface area contributed by atoms with Gasteiger partial charge in [0.05, 0.1) is 16.6 Å². The van der Waals surface area contributed by atoms with E-state index in [1.165, 1.54) is 24.3 Å². The second-order valence-electron chi connectivity index (χ2n) is 8.24. The van der Waals surface area contributed by atoms with Crippen LogP contribution in [0.25, 0.3) is 28.0 Å². The van der Waals surface area contributed by atoms with Gasteiger partial charge in [0.1, 0.15) is 5.82 Å². The summed E-state index contributed by atoms with van der Waals surface area (Å²) in [6, 6.07) is 14.8. The number of benzene rings is 3. The number of halogens is 6. The minimum atomic E-state index is -4.64. The molecule has 3 aromatic carbocycles. The number of aromatic nitrogens is 2. The summed E-state index contributed by atoms with van der Waals surface area (Å²) in [6.45, 7) is 6.35. The van der Waals surface area contributed by atoms with Crippen molar-refractivity contribution >= 4 is 28.1 Å². The van der Waals surface area contributed by atoms with Gasteiger partial charge in [-0.05, 0) is 42.8 Å². The lowest BCUT2D eigenvalue weighted by molar-refractivity contribution is -0.138. The highest BCUT2D eigenvalue weighted by Crippen LogP contribution is 2.38. The maximum absolute atomic E-state index is 13.7. The number of nitrogens with one attached hydrogen (secondary N) is 2. The van der Waals surface area contributed by atoms with Crippen molar-refractivity contribution in [3.63, 3.8) is 0 Å². The van der Waals surface area contributed by atoms with Gasteiger partial charge in [-0.3, -0.25) is 0 Å². The molecule has 0 saturated carbocycles. The molecule has 0 aliphatic heterocycles. The minimum Gasteiger partial charge on any atom is -0.385 e. The van der Waals surface area contributed by atoms with Crippen LogP contribution in [0, 0.1) is 0 Å². The van der Waals surface area contributed by atoms with Gasteiger partial charge in [-0.1, -0.05) is 43.8 Å². The number of fused-ring (bicyclic) bond motifs is 1. The zero-order chi connectivity index (χ0) is 26.8. The van der Waals surface area contributed by atoms with Crippen molar-refractivity contribution < 1.29 is 26.3 Å². The Balaban J connectivity index is 1.83. The number of nitrogens with zero attached hydrogens (tertiary/aromatic N) is 2.